The molecule has 1 N–H and O–H groups in total. The van der Waals surface area contributed by atoms with Crippen molar-refractivity contribution in [1.29, 1.82) is 0 Å². The fraction of sp³-hybridized carbons (Fsp3) is 0.615. The van der Waals surface area contributed by atoms with Crippen LogP contribution in [0, 0.1) is 0 Å². The Balaban J connectivity index is 2.13. The van der Waals surface area contributed by atoms with Gasteiger partial charge < -0.3 is 15.0 Å². The molecule has 7 nitrogen and oxygen atoms in total. The molecule has 0 aromatic carbocycles. The Hall–Kier alpha value is -2.05. The van der Waals surface area contributed by atoms with Crippen molar-refractivity contribution in [2.45, 2.75) is 26.3 Å². The van der Waals surface area contributed by atoms with Crippen molar-refractivity contribution in [3.63, 3.8) is 0 Å². The molecule has 7 heteroatoms. The average Bonchev–Trinajstić information content (AvgIpc) is 2.61. The Morgan fingerprint density at radius 3 is 2.85 bits per heavy atom. The van der Waals surface area contributed by atoms with Crippen molar-refractivity contribution in [3.05, 3.63) is 11.3 Å². The third kappa shape index (κ3) is 2.92. The Morgan fingerprint density at radius 2 is 2.20 bits per heavy atom. The van der Waals surface area contributed by atoms with Crippen molar-refractivity contribution in [1.82, 2.24) is 20.0 Å². The third-order valence-electron chi connectivity index (χ3n) is 3.47. The van der Waals surface area contributed by atoms with Crippen LogP contribution in [0.15, 0.2) is 0 Å². The molecule has 2 rings (SSSR count). The van der Waals surface area contributed by atoms with Crippen molar-refractivity contribution in [2.75, 3.05) is 20.2 Å². The van der Waals surface area contributed by atoms with E-state index >= 15 is 0 Å². The summed E-state index contributed by atoms with van der Waals surface area (Å²) in [4.78, 5) is 24.7. The number of aromatic nitrogens is 2. The molecule has 0 saturated carbocycles. The van der Waals surface area contributed by atoms with Gasteiger partial charge >= 0.3 is 0 Å². The molecule has 1 aromatic rings. The van der Waals surface area contributed by atoms with Crippen LogP contribution in [-0.2, 0) is 29.6 Å². The molecule has 0 atom stereocenters. The van der Waals surface area contributed by atoms with Crippen LogP contribution in [0.4, 0.5) is 0 Å². The lowest BCUT2D eigenvalue weighted by molar-refractivity contribution is -0.133. The average molecular weight is 280 g/mol. The molecule has 2 heterocycles. The zero-order chi connectivity index (χ0) is 14.7. The molecule has 2 amide bonds. The molecule has 1 aliphatic rings. The molecule has 20 heavy (non-hydrogen) atoms. The van der Waals surface area contributed by atoms with Gasteiger partial charge in [-0.1, -0.05) is 0 Å². The van der Waals surface area contributed by atoms with Gasteiger partial charge in [0.1, 0.15) is 0 Å². The number of carbonyl (C=O) groups is 2. The van der Waals surface area contributed by atoms with Gasteiger partial charge in [-0.2, -0.15) is 0 Å². The highest BCUT2D eigenvalue weighted by Crippen LogP contribution is 2.26. The number of hydrogen-bond acceptors (Lipinski definition) is 4. The number of fused-ring (bicyclic) bond motifs is 1. The van der Waals surface area contributed by atoms with Gasteiger partial charge in [0.15, 0.2) is 0 Å². The highest BCUT2D eigenvalue weighted by molar-refractivity contribution is 5.83. The summed E-state index contributed by atoms with van der Waals surface area (Å²) in [5.41, 5.74) is 2.07. The van der Waals surface area contributed by atoms with Crippen LogP contribution in [0.3, 0.4) is 0 Å². The van der Waals surface area contributed by atoms with Gasteiger partial charge in [-0.25, -0.2) is 0 Å². The number of ether oxygens (including phenoxy) is 1. The van der Waals surface area contributed by atoms with Crippen LogP contribution < -0.4 is 10.1 Å². The molecule has 1 aromatic heterocycles. The lowest BCUT2D eigenvalue weighted by atomic mass is 10.1. The maximum atomic E-state index is 12.1. The number of nitrogens with zero attached hydrogens (tertiary/aromatic N) is 3. The second-order valence-corrected chi connectivity index (χ2v) is 4.89. The Labute approximate surface area is 117 Å². The van der Waals surface area contributed by atoms with Gasteiger partial charge in [-0.05, 0) is 12.8 Å². The van der Waals surface area contributed by atoms with Crippen molar-refractivity contribution in [2.24, 2.45) is 7.05 Å². The van der Waals surface area contributed by atoms with Crippen LogP contribution in [0.2, 0.25) is 0 Å². The maximum Gasteiger partial charge on any atom is 0.242 e. The fourth-order valence-corrected chi connectivity index (χ4v) is 2.42. The van der Waals surface area contributed by atoms with Crippen LogP contribution in [-0.4, -0.2) is 46.7 Å². The predicted molar refractivity (Wildman–Crippen MR) is 72.2 cm³/mol. The third-order valence-corrected chi connectivity index (χ3v) is 3.47. The molecule has 1 aliphatic heterocycles. The van der Waals surface area contributed by atoms with Gasteiger partial charge in [0, 0.05) is 26.1 Å². The molecular weight excluding hydrogens is 260 g/mol. The lowest BCUT2D eigenvalue weighted by Gasteiger charge is -2.20. The summed E-state index contributed by atoms with van der Waals surface area (Å²) < 4.78 is 7.03. The van der Waals surface area contributed by atoms with Crippen molar-refractivity contribution < 1.29 is 14.3 Å². The van der Waals surface area contributed by atoms with Crippen LogP contribution in [0.25, 0.3) is 0 Å². The smallest absolute Gasteiger partial charge is 0.242 e. The number of carbonyl (C=O) groups excluding carboxylic acids is 2. The summed E-state index contributed by atoms with van der Waals surface area (Å²) in [6.07, 6.45) is 1.71. The topological polar surface area (TPSA) is 76.5 Å². The SMILES string of the molecule is COc1nn(C)c2c1CCCN(C(=O)CNC(C)=O)C2. The molecule has 0 spiro atoms. The zero-order valence-corrected chi connectivity index (χ0v) is 12.1. The van der Waals surface area contributed by atoms with E-state index in [0.717, 1.165) is 24.1 Å². The minimum absolute atomic E-state index is 0.0413. The first kappa shape index (κ1) is 14.4. The van der Waals surface area contributed by atoms with Crippen LogP contribution in [0.5, 0.6) is 5.88 Å². The number of hydrogen-bond donors (Lipinski definition) is 1. The molecule has 0 fully saturated rings. The minimum Gasteiger partial charge on any atom is -0.480 e. The molecular formula is C13H20N4O3. The first-order valence-corrected chi connectivity index (χ1v) is 6.64. The largest absolute Gasteiger partial charge is 0.480 e. The van der Waals surface area contributed by atoms with E-state index in [-0.39, 0.29) is 18.4 Å². The zero-order valence-electron chi connectivity index (χ0n) is 12.1. The van der Waals surface area contributed by atoms with E-state index < -0.39 is 0 Å². The number of aryl methyl sites for hydroxylation is 1. The summed E-state index contributed by atoms with van der Waals surface area (Å²) in [7, 11) is 3.45. The number of nitrogens with one attached hydrogen (secondary N) is 1. The molecule has 0 bridgehead atoms. The van der Waals surface area contributed by atoms with Gasteiger partial charge in [0.05, 0.1) is 25.9 Å². The summed E-state index contributed by atoms with van der Waals surface area (Å²) in [5.74, 6) is 0.364. The van der Waals surface area contributed by atoms with Gasteiger partial charge in [0.2, 0.25) is 17.7 Å². The first-order chi connectivity index (χ1) is 9.52. The number of amides is 2. The molecule has 0 unspecified atom stereocenters. The second kappa shape index (κ2) is 5.94. The minimum atomic E-state index is -0.198. The Bertz CT molecular complexity index is 524. The van der Waals surface area contributed by atoms with E-state index in [0.29, 0.717) is 19.0 Å². The summed E-state index contributed by atoms with van der Waals surface area (Å²) in [6, 6.07) is 0. The van der Waals surface area contributed by atoms with E-state index in [2.05, 4.69) is 10.4 Å². The lowest BCUT2D eigenvalue weighted by Crippen LogP contribution is -2.39. The Kier molecular flexibility index (Phi) is 4.26. The van der Waals surface area contributed by atoms with Gasteiger partial charge in [-0.3, -0.25) is 14.3 Å². The van der Waals surface area contributed by atoms with Crippen LogP contribution in [0.1, 0.15) is 24.6 Å². The second-order valence-electron chi connectivity index (χ2n) is 4.89. The highest BCUT2D eigenvalue weighted by atomic mass is 16.5. The quantitative estimate of drug-likeness (QED) is 0.834. The standard InChI is InChI=1S/C13H20N4O3/c1-9(18)14-7-12(19)17-6-4-5-10-11(8-17)16(2)15-13(10)20-3/h4-8H2,1-3H3,(H,14,18). The molecule has 0 saturated heterocycles. The fourth-order valence-electron chi connectivity index (χ4n) is 2.42. The molecule has 110 valence electrons. The van der Waals surface area contributed by atoms with Crippen molar-refractivity contribution in [3.8, 4) is 5.88 Å². The van der Waals surface area contributed by atoms with E-state index in [1.165, 1.54) is 6.92 Å². The summed E-state index contributed by atoms with van der Waals surface area (Å²) in [6.45, 7) is 2.62. The maximum absolute atomic E-state index is 12.1. The monoisotopic (exact) mass is 280 g/mol. The summed E-state index contributed by atoms with van der Waals surface area (Å²) >= 11 is 0. The van der Waals surface area contributed by atoms with Crippen molar-refractivity contribution >= 4 is 11.8 Å². The first-order valence-electron chi connectivity index (χ1n) is 6.64. The normalized spacial score (nSPS) is 14.4. The van der Waals surface area contributed by atoms with E-state index in [9.17, 15) is 9.59 Å². The van der Waals surface area contributed by atoms with E-state index in [1.807, 2.05) is 7.05 Å². The Morgan fingerprint density at radius 1 is 1.45 bits per heavy atom. The van der Waals surface area contributed by atoms with Gasteiger partial charge in [-0.15, -0.1) is 5.10 Å². The highest BCUT2D eigenvalue weighted by Gasteiger charge is 2.24. The summed E-state index contributed by atoms with van der Waals surface area (Å²) in [5, 5.41) is 6.85. The van der Waals surface area contributed by atoms with Gasteiger partial charge in [0.25, 0.3) is 0 Å². The van der Waals surface area contributed by atoms with Crippen LogP contribution >= 0.6 is 0 Å². The molecule has 0 aliphatic carbocycles. The van der Waals surface area contributed by atoms with E-state index in [1.54, 1.807) is 16.7 Å². The molecule has 0 radical (unpaired) electrons. The number of methoxy groups -OCH3 is 1. The van der Waals surface area contributed by atoms with E-state index in [4.69, 9.17) is 4.74 Å². The predicted octanol–water partition coefficient (Wildman–Crippen LogP) is -0.160. The number of rotatable bonds is 3.